The Morgan fingerprint density at radius 2 is 2.00 bits per heavy atom. The van der Waals surface area contributed by atoms with Crippen LogP contribution in [0.1, 0.15) is 23.2 Å². The standard InChI is InChI=1S/C13H14ClNO3/c14-11-3-1-10(2-4-11)13(18)15-6-5-9(8-15)7-12(16)17/h1-4,9H,5-8H2,(H,16,17). The molecule has 18 heavy (non-hydrogen) atoms. The van der Waals surface area contributed by atoms with Crippen molar-refractivity contribution in [2.24, 2.45) is 5.92 Å². The van der Waals surface area contributed by atoms with E-state index >= 15 is 0 Å². The van der Waals surface area contributed by atoms with Crippen LogP contribution in [0.2, 0.25) is 5.02 Å². The summed E-state index contributed by atoms with van der Waals surface area (Å²) in [5, 5.41) is 9.32. The summed E-state index contributed by atoms with van der Waals surface area (Å²) in [6, 6.07) is 6.74. The van der Waals surface area contributed by atoms with Gasteiger partial charge in [-0.2, -0.15) is 0 Å². The van der Waals surface area contributed by atoms with Crippen LogP contribution in [-0.4, -0.2) is 35.0 Å². The lowest BCUT2D eigenvalue weighted by atomic mass is 10.1. The lowest BCUT2D eigenvalue weighted by molar-refractivity contribution is -0.138. The average molecular weight is 268 g/mol. The zero-order valence-corrected chi connectivity index (χ0v) is 10.6. The molecule has 1 aliphatic rings. The summed E-state index contributed by atoms with van der Waals surface area (Å²) < 4.78 is 0. The molecule has 4 nitrogen and oxygen atoms in total. The van der Waals surface area contributed by atoms with Crippen molar-refractivity contribution in [1.29, 1.82) is 0 Å². The van der Waals surface area contributed by atoms with Gasteiger partial charge in [0.05, 0.1) is 0 Å². The van der Waals surface area contributed by atoms with E-state index in [2.05, 4.69) is 0 Å². The van der Waals surface area contributed by atoms with E-state index in [1.165, 1.54) is 0 Å². The van der Waals surface area contributed by atoms with E-state index in [4.69, 9.17) is 16.7 Å². The number of halogens is 1. The van der Waals surface area contributed by atoms with E-state index in [0.717, 1.165) is 6.42 Å². The van der Waals surface area contributed by atoms with Gasteiger partial charge in [-0.25, -0.2) is 0 Å². The number of rotatable bonds is 3. The van der Waals surface area contributed by atoms with Gasteiger partial charge in [-0.1, -0.05) is 11.6 Å². The number of carboxylic acids is 1. The predicted molar refractivity (Wildman–Crippen MR) is 67.7 cm³/mol. The highest BCUT2D eigenvalue weighted by Crippen LogP contribution is 2.22. The molecule has 0 aliphatic carbocycles. The molecule has 1 aromatic rings. The first-order valence-electron chi connectivity index (χ1n) is 5.83. The molecule has 1 unspecified atom stereocenters. The summed E-state index contributed by atoms with van der Waals surface area (Å²) in [5.41, 5.74) is 0.593. The number of likely N-dealkylation sites (tertiary alicyclic amines) is 1. The van der Waals surface area contributed by atoms with Crippen molar-refractivity contribution < 1.29 is 14.7 Å². The lowest BCUT2D eigenvalue weighted by Gasteiger charge is -2.16. The Bertz CT molecular complexity index is 458. The van der Waals surface area contributed by atoms with Crippen LogP contribution >= 0.6 is 11.6 Å². The van der Waals surface area contributed by atoms with Crippen molar-refractivity contribution in [2.45, 2.75) is 12.8 Å². The Morgan fingerprint density at radius 3 is 2.61 bits per heavy atom. The molecule has 0 bridgehead atoms. The van der Waals surface area contributed by atoms with Gasteiger partial charge in [-0.05, 0) is 36.6 Å². The number of aliphatic carboxylic acids is 1. The third-order valence-electron chi connectivity index (χ3n) is 3.13. The third kappa shape index (κ3) is 3.01. The topological polar surface area (TPSA) is 57.6 Å². The Kier molecular flexibility index (Phi) is 3.87. The van der Waals surface area contributed by atoms with Crippen molar-refractivity contribution in [3.8, 4) is 0 Å². The van der Waals surface area contributed by atoms with Gasteiger partial charge in [-0.15, -0.1) is 0 Å². The highest BCUT2D eigenvalue weighted by molar-refractivity contribution is 6.30. The number of nitrogens with zero attached hydrogens (tertiary/aromatic N) is 1. The number of carbonyl (C=O) groups is 2. The van der Waals surface area contributed by atoms with Crippen LogP contribution in [0, 0.1) is 5.92 Å². The van der Waals surface area contributed by atoms with Crippen molar-refractivity contribution in [2.75, 3.05) is 13.1 Å². The fraction of sp³-hybridized carbons (Fsp3) is 0.385. The average Bonchev–Trinajstić information content (AvgIpc) is 2.76. The number of carbonyl (C=O) groups excluding carboxylic acids is 1. The largest absolute Gasteiger partial charge is 0.481 e. The Hall–Kier alpha value is -1.55. The fourth-order valence-corrected chi connectivity index (χ4v) is 2.33. The predicted octanol–water partition coefficient (Wildman–Crippen LogP) is 2.28. The molecule has 1 saturated heterocycles. The minimum absolute atomic E-state index is 0.0560. The van der Waals surface area contributed by atoms with Crippen LogP contribution in [0.3, 0.4) is 0 Å². The molecular weight excluding hydrogens is 254 g/mol. The minimum Gasteiger partial charge on any atom is -0.481 e. The van der Waals surface area contributed by atoms with Gasteiger partial charge in [0.15, 0.2) is 0 Å². The van der Waals surface area contributed by atoms with Gasteiger partial charge in [-0.3, -0.25) is 9.59 Å². The first-order chi connectivity index (χ1) is 8.56. The number of hydrogen-bond donors (Lipinski definition) is 1. The van der Waals surface area contributed by atoms with E-state index in [0.29, 0.717) is 23.7 Å². The molecule has 1 N–H and O–H groups in total. The Morgan fingerprint density at radius 1 is 1.33 bits per heavy atom. The molecule has 0 aromatic heterocycles. The lowest BCUT2D eigenvalue weighted by Crippen LogP contribution is -2.28. The fourth-order valence-electron chi connectivity index (χ4n) is 2.21. The van der Waals surface area contributed by atoms with Crippen LogP contribution in [-0.2, 0) is 4.79 Å². The van der Waals surface area contributed by atoms with Gasteiger partial charge < -0.3 is 10.0 Å². The summed E-state index contributed by atoms with van der Waals surface area (Å²) in [6.07, 6.45) is 0.885. The van der Waals surface area contributed by atoms with Crippen LogP contribution in [0.15, 0.2) is 24.3 Å². The smallest absolute Gasteiger partial charge is 0.303 e. The molecule has 1 aliphatic heterocycles. The minimum atomic E-state index is -0.805. The summed E-state index contributed by atoms with van der Waals surface area (Å²) in [7, 11) is 0. The number of hydrogen-bond acceptors (Lipinski definition) is 2. The van der Waals surface area contributed by atoms with Crippen LogP contribution in [0.4, 0.5) is 0 Å². The quantitative estimate of drug-likeness (QED) is 0.914. The van der Waals surface area contributed by atoms with E-state index in [-0.39, 0.29) is 18.2 Å². The van der Waals surface area contributed by atoms with Crippen LogP contribution < -0.4 is 0 Å². The van der Waals surface area contributed by atoms with Gasteiger partial charge in [0.1, 0.15) is 0 Å². The second kappa shape index (κ2) is 5.40. The van der Waals surface area contributed by atoms with Crippen molar-refractivity contribution in [3.63, 3.8) is 0 Å². The summed E-state index contributed by atoms with van der Waals surface area (Å²) in [5.74, 6) is -0.793. The molecule has 1 atom stereocenters. The van der Waals surface area contributed by atoms with Gasteiger partial charge in [0, 0.05) is 30.1 Å². The van der Waals surface area contributed by atoms with Gasteiger partial charge >= 0.3 is 5.97 Å². The number of carboxylic acid groups (broad SMARTS) is 1. The zero-order chi connectivity index (χ0) is 13.1. The van der Waals surface area contributed by atoms with Crippen molar-refractivity contribution in [1.82, 2.24) is 4.90 Å². The first kappa shape index (κ1) is 12.9. The Labute approximate surface area is 110 Å². The highest BCUT2D eigenvalue weighted by Gasteiger charge is 2.28. The molecule has 1 aromatic carbocycles. The molecule has 0 radical (unpaired) electrons. The zero-order valence-electron chi connectivity index (χ0n) is 9.80. The second-order valence-corrected chi connectivity index (χ2v) is 4.95. The molecule has 1 amide bonds. The maximum atomic E-state index is 12.1. The van der Waals surface area contributed by atoms with Crippen molar-refractivity contribution >= 4 is 23.5 Å². The number of benzene rings is 1. The summed E-state index contributed by atoms with van der Waals surface area (Å²) >= 11 is 5.77. The number of amides is 1. The SMILES string of the molecule is O=C(O)CC1CCN(C(=O)c2ccc(Cl)cc2)C1. The molecule has 96 valence electrons. The van der Waals surface area contributed by atoms with E-state index in [9.17, 15) is 9.59 Å². The monoisotopic (exact) mass is 267 g/mol. The van der Waals surface area contributed by atoms with E-state index in [1.807, 2.05) is 0 Å². The Balaban J connectivity index is 1.99. The van der Waals surface area contributed by atoms with E-state index in [1.54, 1.807) is 29.2 Å². The maximum Gasteiger partial charge on any atom is 0.303 e. The second-order valence-electron chi connectivity index (χ2n) is 4.51. The summed E-state index contributed by atoms with van der Waals surface area (Å²) in [4.78, 5) is 24.5. The highest BCUT2D eigenvalue weighted by atomic mass is 35.5. The first-order valence-corrected chi connectivity index (χ1v) is 6.20. The molecule has 1 heterocycles. The van der Waals surface area contributed by atoms with Gasteiger partial charge in [0.2, 0.25) is 0 Å². The maximum absolute atomic E-state index is 12.1. The molecule has 0 saturated carbocycles. The molecular formula is C13H14ClNO3. The molecule has 0 spiro atoms. The third-order valence-corrected chi connectivity index (χ3v) is 3.38. The van der Waals surface area contributed by atoms with Crippen molar-refractivity contribution in [3.05, 3.63) is 34.9 Å². The summed E-state index contributed by atoms with van der Waals surface area (Å²) in [6.45, 7) is 1.15. The van der Waals surface area contributed by atoms with E-state index < -0.39 is 5.97 Å². The normalized spacial score (nSPS) is 18.9. The molecule has 2 rings (SSSR count). The van der Waals surface area contributed by atoms with Crippen LogP contribution in [0.25, 0.3) is 0 Å². The van der Waals surface area contributed by atoms with Crippen LogP contribution in [0.5, 0.6) is 0 Å². The molecule has 5 heteroatoms. The molecule has 1 fully saturated rings. The van der Waals surface area contributed by atoms with Gasteiger partial charge in [0.25, 0.3) is 5.91 Å².